The maximum Gasteiger partial charge on any atom is 0.315 e. The number of rotatable bonds is 4. The Morgan fingerprint density at radius 3 is 2.25 bits per heavy atom. The summed E-state index contributed by atoms with van der Waals surface area (Å²) in [6.07, 6.45) is 7.47. The molecule has 5 heteroatoms. The fourth-order valence-corrected chi connectivity index (χ4v) is 3.38. The van der Waals surface area contributed by atoms with Crippen molar-refractivity contribution < 1.29 is 14.7 Å². The van der Waals surface area contributed by atoms with Crippen LogP contribution < -0.4 is 10.6 Å². The van der Waals surface area contributed by atoms with E-state index in [1.165, 1.54) is 0 Å². The number of aliphatic carboxylic acids is 1. The van der Waals surface area contributed by atoms with Crippen molar-refractivity contribution in [3.05, 3.63) is 0 Å². The van der Waals surface area contributed by atoms with Gasteiger partial charge in [0.2, 0.25) is 0 Å². The Labute approximate surface area is 120 Å². The number of carboxylic acid groups (broad SMARTS) is 1. The number of urea groups is 1. The van der Waals surface area contributed by atoms with E-state index in [-0.39, 0.29) is 18.6 Å². The molecule has 5 nitrogen and oxygen atoms in total. The van der Waals surface area contributed by atoms with E-state index in [1.807, 2.05) is 0 Å². The third kappa shape index (κ3) is 3.64. The first-order valence-electron chi connectivity index (χ1n) is 7.80. The van der Waals surface area contributed by atoms with E-state index in [1.54, 1.807) is 0 Å². The summed E-state index contributed by atoms with van der Waals surface area (Å²) in [6.45, 7) is 2.41. The van der Waals surface area contributed by atoms with E-state index in [4.69, 9.17) is 0 Å². The van der Waals surface area contributed by atoms with Crippen LogP contribution in [-0.4, -0.2) is 29.7 Å². The van der Waals surface area contributed by atoms with Gasteiger partial charge in [0, 0.05) is 12.6 Å². The lowest BCUT2D eigenvalue weighted by atomic mass is 9.80. The second kappa shape index (κ2) is 6.46. The molecule has 0 unspecified atom stereocenters. The smallest absolute Gasteiger partial charge is 0.315 e. The van der Waals surface area contributed by atoms with Gasteiger partial charge in [-0.05, 0) is 31.6 Å². The third-order valence-electron chi connectivity index (χ3n) is 4.81. The van der Waals surface area contributed by atoms with Crippen LogP contribution in [0.15, 0.2) is 0 Å². The molecule has 2 amide bonds. The first kappa shape index (κ1) is 15.1. The molecule has 114 valence electrons. The number of nitrogens with one attached hydrogen (secondary N) is 2. The summed E-state index contributed by atoms with van der Waals surface area (Å²) in [5.74, 6) is -0.0792. The average Bonchev–Trinajstić information content (AvgIpc) is 2.61. The van der Waals surface area contributed by atoms with Gasteiger partial charge in [-0.25, -0.2) is 4.79 Å². The number of carbonyl (C=O) groups excluding carboxylic acids is 1. The van der Waals surface area contributed by atoms with Crippen molar-refractivity contribution in [1.82, 2.24) is 10.6 Å². The van der Waals surface area contributed by atoms with Gasteiger partial charge in [-0.2, -0.15) is 0 Å². The van der Waals surface area contributed by atoms with Crippen molar-refractivity contribution in [3.8, 4) is 0 Å². The highest BCUT2D eigenvalue weighted by Gasteiger charge is 2.39. The average molecular weight is 282 g/mol. The normalized spacial score (nSPS) is 28.9. The molecule has 3 N–H and O–H groups in total. The maximum absolute atomic E-state index is 11.8. The van der Waals surface area contributed by atoms with Crippen LogP contribution in [0.2, 0.25) is 0 Å². The van der Waals surface area contributed by atoms with Crippen LogP contribution in [0.5, 0.6) is 0 Å². The third-order valence-corrected chi connectivity index (χ3v) is 4.81. The molecule has 0 aromatic rings. The zero-order valence-corrected chi connectivity index (χ0v) is 12.3. The highest BCUT2D eigenvalue weighted by molar-refractivity contribution is 5.78. The molecule has 0 heterocycles. The van der Waals surface area contributed by atoms with Gasteiger partial charge >= 0.3 is 12.0 Å². The molecule has 0 aromatic carbocycles. The molecule has 2 aliphatic carbocycles. The van der Waals surface area contributed by atoms with Crippen LogP contribution in [0.25, 0.3) is 0 Å². The van der Waals surface area contributed by atoms with Crippen molar-refractivity contribution >= 4 is 12.0 Å². The maximum atomic E-state index is 11.8. The Hall–Kier alpha value is -1.26. The number of carboxylic acids is 1. The predicted octanol–water partition coefficient (Wildman–Crippen LogP) is 2.51. The molecule has 0 atom stereocenters. The highest BCUT2D eigenvalue weighted by Crippen LogP contribution is 2.34. The largest absolute Gasteiger partial charge is 0.481 e. The van der Waals surface area contributed by atoms with Crippen LogP contribution in [0.1, 0.15) is 58.3 Å². The zero-order valence-electron chi connectivity index (χ0n) is 12.3. The van der Waals surface area contributed by atoms with Gasteiger partial charge in [-0.15, -0.1) is 0 Å². The lowest BCUT2D eigenvalue weighted by molar-refractivity contribution is -0.149. The van der Waals surface area contributed by atoms with Gasteiger partial charge in [-0.3, -0.25) is 4.79 Å². The van der Waals surface area contributed by atoms with Crippen molar-refractivity contribution in [2.75, 3.05) is 6.54 Å². The summed E-state index contributed by atoms with van der Waals surface area (Å²) in [5, 5.41) is 15.2. The van der Waals surface area contributed by atoms with E-state index in [0.717, 1.165) is 38.5 Å². The molecule has 20 heavy (non-hydrogen) atoms. The minimum absolute atomic E-state index is 0.216. The summed E-state index contributed by atoms with van der Waals surface area (Å²) < 4.78 is 0. The Balaban J connectivity index is 1.82. The molecular weight excluding hydrogens is 256 g/mol. The van der Waals surface area contributed by atoms with Gasteiger partial charge in [0.1, 0.15) is 0 Å². The van der Waals surface area contributed by atoms with Gasteiger partial charge in [0.15, 0.2) is 0 Å². The van der Waals surface area contributed by atoms with E-state index < -0.39 is 11.4 Å². The van der Waals surface area contributed by atoms with Crippen molar-refractivity contribution in [3.63, 3.8) is 0 Å². The summed E-state index contributed by atoms with van der Waals surface area (Å²) in [5.41, 5.74) is -0.763. The fourth-order valence-electron chi connectivity index (χ4n) is 3.38. The second-order valence-electron chi connectivity index (χ2n) is 6.60. The molecule has 0 saturated heterocycles. The SMILES string of the molecule is CC1CC(NC(=O)NCC2(C(=O)O)CCCCCC2)C1. The Morgan fingerprint density at radius 2 is 1.75 bits per heavy atom. The number of hydrogen-bond donors (Lipinski definition) is 3. The highest BCUT2D eigenvalue weighted by atomic mass is 16.4. The lowest BCUT2D eigenvalue weighted by Gasteiger charge is -2.34. The van der Waals surface area contributed by atoms with Gasteiger partial charge in [0.25, 0.3) is 0 Å². The summed E-state index contributed by atoms with van der Waals surface area (Å²) in [7, 11) is 0. The molecule has 0 aromatic heterocycles. The van der Waals surface area contributed by atoms with Crippen molar-refractivity contribution in [2.24, 2.45) is 11.3 Å². The van der Waals surface area contributed by atoms with Crippen LogP contribution >= 0.6 is 0 Å². The standard InChI is InChI=1S/C15H26N2O3/c1-11-8-12(9-11)17-14(20)16-10-15(13(18)19)6-4-2-3-5-7-15/h11-12H,2-10H2,1H3,(H,18,19)(H2,16,17,20). The molecule has 0 spiro atoms. The van der Waals surface area contributed by atoms with Gasteiger partial charge in [0.05, 0.1) is 5.41 Å². The van der Waals surface area contributed by atoms with E-state index in [2.05, 4.69) is 17.6 Å². The topological polar surface area (TPSA) is 78.4 Å². The fraction of sp³-hybridized carbons (Fsp3) is 0.867. The van der Waals surface area contributed by atoms with Crippen LogP contribution in [0, 0.1) is 11.3 Å². The zero-order chi connectivity index (χ0) is 14.6. The lowest BCUT2D eigenvalue weighted by Crippen LogP contribution is -2.51. The number of hydrogen-bond acceptors (Lipinski definition) is 2. The van der Waals surface area contributed by atoms with E-state index in [0.29, 0.717) is 18.8 Å². The molecule has 2 saturated carbocycles. The van der Waals surface area contributed by atoms with Crippen LogP contribution in [0.3, 0.4) is 0 Å². The number of amides is 2. The molecule has 0 radical (unpaired) electrons. The first-order chi connectivity index (χ1) is 9.52. The van der Waals surface area contributed by atoms with Crippen molar-refractivity contribution in [2.45, 2.75) is 64.3 Å². The summed E-state index contributed by atoms with van der Waals surface area (Å²) in [6, 6.07) is 0.0479. The monoisotopic (exact) mass is 282 g/mol. The van der Waals surface area contributed by atoms with Crippen LogP contribution in [0.4, 0.5) is 4.79 Å². The minimum Gasteiger partial charge on any atom is -0.481 e. The Morgan fingerprint density at radius 1 is 1.15 bits per heavy atom. The molecule has 2 aliphatic rings. The summed E-state index contributed by atoms with van der Waals surface area (Å²) in [4.78, 5) is 23.4. The second-order valence-corrected chi connectivity index (χ2v) is 6.60. The first-order valence-corrected chi connectivity index (χ1v) is 7.80. The molecule has 0 aliphatic heterocycles. The minimum atomic E-state index is -0.767. The Bertz CT molecular complexity index is 356. The van der Waals surface area contributed by atoms with Gasteiger partial charge in [-0.1, -0.05) is 32.6 Å². The summed E-state index contributed by atoms with van der Waals surface area (Å²) >= 11 is 0. The molecule has 2 fully saturated rings. The Kier molecular flexibility index (Phi) is 4.89. The number of carbonyl (C=O) groups is 2. The molecule has 2 rings (SSSR count). The van der Waals surface area contributed by atoms with Crippen LogP contribution in [-0.2, 0) is 4.79 Å². The quantitative estimate of drug-likeness (QED) is 0.693. The van der Waals surface area contributed by atoms with E-state index >= 15 is 0 Å². The van der Waals surface area contributed by atoms with Crippen molar-refractivity contribution in [1.29, 1.82) is 0 Å². The van der Waals surface area contributed by atoms with E-state index in [9.17, 15) is 14.7 Å². The molecule has 0 bridgehead atoms. The van der Waals surface area contributed by atoms with Gasteiger partial charge < -0.3 is 15.7 Å². The predicted molar refractivity (Wildman–Crippen MR) is 76.5 cm³/mol. The molecular formula is C15H26N2O3.